The summed E-state index contributed by atoms with van der Waals surface area (Å²) in [5.74, 6) is 0.109. The van der Waals surface area contributed by atoms with Gasteiger partial charge in [-0.15, -0.1) is 0 Å². The third kappa shape index (κ3) is 3.11. The van der Waals surface area contributed by atoms with Gasteiger partial charge in [0.2, 0.25) is 0 Å². The highest BCUT2D eigenvalue weighted by Gasteiger charge is 2.31. The molecule has 1 aliphatic rings. The second-order valence-electron chi connectivity index (χ2n) is 7.97. The second-order valence-corrected chi connectivity index (χ2v) is 7.97. The van der Waals surface area contributed by atoms with E-state index in [0.29, 0.717) is 23.0 Å². The summed E-state index contributed by atoms with van der Waals surface area (Å²) in [6.45, 7) is 6.62. The molecule has 1 atom stereocenters. The maximum absolute atomic E-state index is 13.7. The van der Waals surface area contributed by atoms with Crippen LogP contribution in [0.25, 0.3) is 10.8 Å². The third-order valence-corrected chi connectivity index (χ3v) is 5.35. The van der Waals surface area contributed by atoms with Crippen molar-refractivity contribution in [2.75, 3.05) is 4.90 Å². The van der Waals surface area contributed by atoms with Gasteiger partial charge < -0.3 is 4.90 Å². The first kappa shape index (κ1) is 18.4. The number of hydrogen-bond donors (Lipinski definition) is 0. The van der Waals surface area contributed by atoms with Crippen LogP contribution in [0.1, 0.15) is 43.2 Å². The van der Waals surface area contributed by atoms with Crippen molar-refractivity contribution >= 4 is 22.4 Å². The minimum Gasteiger partial charge on any atom is -0.304 e. The molecule has 0 saturated heterocycles. The fourth-order valence-corrected chi connectivity index (χ4v) is 3.97. The molecule has 2 heterocycles. The van der Waals surface area contributed by atoms with E-state index in [1.807, 2.05) is 55.1 Å². The summed E-state index contributed by atoms with van der Waals surface area (Å²) in [5.41, 5.74) is 2.32. The number of benzene rings is 2. The van der Waals surface area contributed by atoms with E-state index in [1.54, 1.807) is 6.07 Å². The summed E-state index contributed by atoms with van der Waals surface area (Å²) in [4.78, 5) is 28.4. The van der Waals surface area contributed by atoms with Gasteiger partial charge in [-0.3, -0.25) is 9.59 Å². The van der Waals surface area contributed by atoms with E-state index in [2.05, 4.69) is 18.1 Å². The molecule has 5 heteroatoms. The van der Waals surface area contributed by atoms with Gasteiger partial charge in [0.15, 0.2) is 5.69 Å². The average molecular weight is 375 g/mol. The molecule has 1 amide bonds. The van der Waals surface area contributed by atoms with Gasteiger partial charge >= 0.3 is 0 Å². The molecule has 0 aliphatic carbocycles. The van der Waals surface area contributed by atoms with Gasteiger partial charge in [-0.25, -0.2) is 4.68 Å². The molecule has 0 bridgehead atoms. The van der Waals surface area contributed by atoms with Crippen molar-refractivity contribution in [2.45, 2.75) is 46.2 Å². The third-order valence-electron chi connectivity index (χ3n) is 5.35. The molecule has 2 aromatic carbocycles. The number of amides is 1. The van der Waals surface area contributed by atoms with Crippen LogP contribution >= 0.6 is 0 Å². The number of para-hydroxylation sites is 1. The Morgan fingerprint density at radius 3 is 2.54 bits per heavy atom. The number of nitrogens with zero attached hydrogens (tertiary/aromatic N) is 3. The zero-order valence-corrected chi connectivity index (χ0v) is 16.6. The van der Waals surface area contributed by atoms with Crippen LogP contribution in [-0.4, -0.2) is 21.7 Å². The van der Waals surface area contributed by atoms with Gasteiger partial charge in [-0.1, -0.05) is 50.2 Å². The molecule has 0 N–H and O–H groups in total. The van der Waals surface area contributed by atoms with Crippen LogP contribution in [0, 0.1) is 5.92 Å². The summed E-state index contributed by atoms with van der Waals surface area (Å²) < 4.78 is 1.45. The molecule has 28 heavy (non-hydrogen) atoms. The molecule has 4 rings (SSSR count). The van der Waals surface area contributed by atoms with Crippen LogP contribution < -0.4 is 10.5 Å². The second kappa shape index (κ2) is 7.23. The van der Waals surface area contributed by atoms with Gasteiger partial charge in [0.1, 0.15) is 0 Å². The van der Waals surface area contributed by atoms with Crippen molar-refractivity contribution in [3.63, 3.8) is 0 Å². The lowest BCUT2D eigenvalue weighted by Gasteiger charge is -2.35. The van der Waals surface area contributed by atoms with Gasteiger partial charge in [0.05, 0.1) is 5.39 Å². The lowest BCUT2D eigenvalue weighted by atomic mass is 9.96. The first-order valence-corrected chi connectivity index (χ1v) is 9.88. The Kier molecular flexibility index (Phi) is 4.75. The Bertz CT molecular complexity index is 1100. The van der Waals surface area contributed by atoms with Gasteiger partial charge in [0, 0.05) is 23.7 Å². The minimum atomic E-state index is -0.145. The summed E-state index contributed by atoms with van der Waals surface area (Å²) in [6, 6.07) is 15.4. The smallest absolute Gasteiger partial charge is 0.279 e. The van der Waals surface area contributed by atoms with Crippen LogP contribution in [0.15, 0.2) is 53.3 Å². The van der Waals surface area contributed by atoms with Gasteiger partial charge in [-0.2, -0.15) is 5.10 Å². The van der Waals surface area contributed by atoms with Crippen LogP contribution in [0.4, 0.5) is 5.69 Å². The number of hydrogen-bond acceptors (Lipinski definition) is 3. The highest BCUT2D eigenvalue weighted by molar-refractivity contribution is 6.13. The summed E-state index contributed by atoms with van der Waals surface area (Å²) >= 11 is 0. The lowest BCUT2D eigenvalue weighted by Crippen LogP contribution is -2.43. The maximum atomic E-state index is 13.7. The number of carbonyl (C=O) groups is 1. The van der Waals surface area contributed by atoms with Gasteiger partial charge in [0.25, 0.3) is 11.5 Å². The van der Waals surface area contributed by atoms with Crippen molar-refractivity contribution in [3.05, 3.63) is 70.1 Å². The monoisotopic (exact) mass is 375 g/mol. The summed E-state index contributed by atoms with van der Waals surface area (Å²) in [6.07, 6.45) is 1.87. The number of fused-ring (bicyclic) bond motifs is 2. The first-order chi connectivity index (χ1) is 13.5. The van der Waals surface area contributed by atoms with Crippen LogP contribution in [0.2, 0.25) is 0 Å². The van der Waals surface area contributed by atoms with E-state index in [-0.39, 0.29) is 23.4 Å². The number of aryl methyl sites for hydroxylation is 1. The fraction of sp³-hybridized carbons (Fsp3) is 0.348. The van der Waals surface area contributed by atoms with Crippen molar-refractivity contribution in [2.24, 2.45) is 5.92 Å². The van der Waals surface area contributed by atoms with Crippen LogP contribution in [0.3, 0.4) is 0 Å². The van der Waals surface area contributed by atoms with Crippen molar-refractivity contribution in [3.8, 4) is 0 Å². The Morgan fingerprint density at radius 1 is 1.11 bits per heavy atom. The Balaban J connectivity index is 1.90. The number of carbonyl (C=O) groups excluding carboxylic acids is 1. The number of anilines is 1. The van der Waals surface area contributed by atoms with Gasteiger partial charge in [-0.05, 0) is 43.4 Å². The summed E-state index contributed by atoms with van der Waals surface area (Å²) in [5, 5.41) is 5.70. The number of rotatable bonds is 3. The molecule has 144 valence electrons. The highest BCUT2D eigenvalue weighted by atomic mass is 16.2. The molecule has 0 spiro atoms. The Hall–Kier alpha value is -2.95. The predicted octanol–water partition coefficient (Wildman–Crippen LogP) is 4.03. The zero-order valence-electron chi connectivity index (χ0n) is 16.6. The quantitative estimate of drug-likeness (QED) is 0.694. The molecule has 5 nitrogen and oxygen atoms in total. The molecule has 0 fully saturated rings. The SMILES string of the molecule is CC(C)Cn1nc(C(=O)N2c3ccccc3CCC2C)c2ccccc2c1=O. The molecule has 1 aliphatic heterocycles. The normalized spacial score (nSPS) is 16.4. The molecular weight excluding hydrogens is 350 g/mol. The number of aromatic nitrogens is 2. The Labute approximate surface area is 164 Å². The Morgan fingerprint density at radius 2 is 1.79 bits per heavy atom. The van der Waals surface area contributed by atoms with E-state index in [9.17, 15) is 9.59 Å². The van der Waals surface area contributed by atoms with Crippen molar-refractivity contribution in [1.82, 2.24) is 9.78 Å². The van der Waals surface area contributed by atoms with E-state index in [4.69, 9.17) is 0 Å². The topological polar surface area (TPSA) is 55.2 Å². The van der Waals surface area contributed by atoms with Crippen molar-refractivity contribution in [1.29, 1.82) is 0 Å². The van der Waals surface area contributed by atoms with E-state index < -0.39 is 0 Å². The molecule has 0 radical (unpaired) electrons. The fourth-order valence-electron chi connectivity index (χ4n) is 3.97. The van der Waals surface area contributed by atoms with Crippen LogP contribution in [-0.2, 0) is 13.0 Å². The first-order valence-electron chi connectivity index (χ1n) is 9.88. The standard InChI is InChI=1S/C23H25N3O2/c1-15(2)14-25-22(27)19-10-6-5-9-18(19)21(24-25)23(28)26-16(3)12-13-17-8-4-7-11-20(17)26/h4-11,15-16H,12-14H2,1-3H3. The zero-order chi connectivity index (χ0) is 19.8. The molecule has 1 unspecified atom stereocenters. The molecular formula is C23H25N3O2. The van der Waals surface area contributed by atoms with E-state index in [1.165, 1.54) is 10.2 Å². The van der Waals surface area contributed by atoms with Crippen molar-refractivity contribution < 1.29 is 4.79 Å². The highest BCUT2D eigenvalue weighted by Crippen LogP contribution is 2.32. The average Bonchev–Trinajstić information content (AvgIpc) is 2.69. The molecule has 1 aromatic heterocycles. The maximum Gasteiger partial charge on any atom is 0.279 e. The lowest BCUT2D eigenvalue weighted by molar-refractivity contribution is 0.0969. The van der Waals surface area contributed by atoms with Crippen LogP contribution in [0.5, 0.6) is 0 Å². The predicted molar refractivity (Wildman–Crippen MR) is 112 cm³/mol. The van der Waals surface area contributed by atoms with E-state index >= 15 is 0 Å². The largest absolute Gasteiger partial charge is 0.304 e. The minimum absolute atomic E-state index is 0.0773. The molecule has 3 aromatic rings. The summed E-state index contributed by atoms with van der Waals surface area (Å²) in [7, 11) is 0. The molecule has 0 saturated carbocycles. The van der Waals surface area contributed by atoms with E-state index in [0.717, 1.165) is 18.5 Å².